The Hall–Kier alpha value is -1.10. The van der Waals surface area contributed by atoms with Crippen LogP contribution in [0.15, 0.2) is 0 Å². The zero-order valence-corrected chi connectivity index (χ0v) is 11.5. The smallest absolute Gasteiger partial charge is 0.231 e. The molecule has 0 aliphatic rings. The Morgan fingerprint density at radius 1 is 1.18 bits per heavy atom. The lowest BCUT2D eigenvalue weighted by Gasteiger charge is -2.20. The first-order chi connectivity index (χ1) is 8.21. The SMILES string of the molecule is CCCCN(CC)c1nc(Cl)nc(NCC)n1. The molecule has 1 rings (SSSR count). The van der Waals surface area contributed by atoms with Crippen LogP contribution in [0, 0.1) is 0 Å². The summed E-state index contributed by atoms with van der Waals surface area (Å²) in [5.74, 6) is 1.19. The molecule has 0 bridgehead atoms. The highest BCUT2D eigenvalue weighted by Gasteiger charge is 2.10. The highest BCUT2D eigenvalue weighted by Crippen LogP contribution is 2.14. The molecule has 0 aliphatic carbocycles. The molecule has 1 N–H and O–H groups in total. The van der Waals surface area contributed by atoms with E-state index in [0.717, 1.165) is 32.5 Å². The van der Waals surface area contributed by atoms with Crippen LogP contribution in [0.1, 0.15) is 33.6 Å². The Labute approximate surface area is 108 Å². The van der Waals surface area contributed by atoms with E-state index >= 15 is 0 Å². The van der Waals surface area contributed by atoms with Gasteiger partial charge in [-0.25, -0.2) is 0 Å². The van der Waals surface area contributed by atoms with Crippen LogP contribution < -0.4 is 10.2 Å². The van der Waals surface area contributed by atoms with Gasteiger partial charge in [0, 0.05) is 19.6 Å². The number of hydrogen-bond donors (Lipinski definition) is 1. The van der Waals surface area contributed by atoms with Crippen LogP contribution in [0.2, 0.25) is 5.28 Å². The van der Waals surface area contributed by atoms with E-state index in [1.165, 1.54) is 0 Å². The standard InChI is InChI=1S/C11H20ClN5/c1-4-7-8-17(6-3)11-15-9(12)14-10(16-11)13-5-2/h4-8H2,1-3H3,(H,13,14,15,16). The molecule has 1 aromatic rings. The van der Waals surface area contributed by atoms with E-state index in [1.807, 2.05) is 6.92 Å². The molecule has 1 aromatic heterocycles. The van der Waals surface area contributed by atoms with Gasteiger partial charge < -0.3 is 10.2 Å². The molecule has 0 aromatic carbocycles. The second-order valence-electron chi connectivity index (χ2n) is 3.69. The van der Waals surface area contributed by atoms with Gasteiger partial charge in [0.15, 0.2) is 0 Å². The van der Waals surface area contributed by atoms with Gasteiger partial charge in [-0.2, -0.15) is 15.0 Å². The van der Waals surface area contributed by atoms with E-state index in [1.54, 1.807) is 0 Å². The first kappa shape index (κ1) is 14.0. The fourth-order valence-electron chi connectivity index (χ4n) is 1.47. The fraction of sp³-hybridized carbons (Fsp3) is 0.727. The zero-order chi connectivity index (χ0) is 12.7. The van der Waals surface area contributed by atoms with Gasteiger partial charge in [0.2, 0.25) is 17.2 Å². The van der Waals surface area contributed by atoms with E-state index < -0.39 is 0 Å². The van der Waals surface area contributed by atoms with Crippen LogP contribution >= 0.6 is 11.6 Å². The summed E-state index contributed by atoms with van der Waals surface area (Å²) in [5, 5.41) is 3.29. The lowest BCUT2D eigenvalue weighted by atomic mass is 10.3. The van der Waals surface area contributed by atoms with Crippen molar-refractivity contribution in [2.75, 3.05) is 29.9 Å². The minimum atomic E-state index is 0.237. The van der Waals surface area contributed by atoms with Gasteiger partial charge >= 0.3 is 0 Å². The average Bonchev–Trinajstić information content (AvgIpc) is 2.30. The lowest BCUT2D eigenvalue weighted by Crippen LogP contribution is -2.26. The Bertz CT molecular complexity index is 345. The molecule has 0 spiro atoms. The average molecular weight is 258 g/mol. The van der Waals surface area contributed by atoms with E-state index in [2.05, 4.69) is 39.0 Å². The van der Waals surface area contributed by atoms with Crippen LogP contribution in [-0.2, 0) is 0 Å². The molecule has 1 heterocycles. The number of rotatable bonds is 7. The topological polar surface area (TPSA) is 53.9 Å². The molecular weight excluding hydrogens is 238 g/mol. The molecule has 6 heteroatoms. The van der Waals surface area contributed by atoms with Crippen molar-refractivity contribution in [2.45, 2.75) is 33.6 Å². The molecule has 0 atom stereocenters. The minimum Gasteiger partial charge on any atom is -0.354 e. The van der Waals surface area contributed by atoms with Gasteiger partial charge in [-0.05, 0) is 31.9 Å². The van der Waals surface area contributed by atoms with E-state index in [4.69, 9.17) is 11.6 Å². The molecule has 0 aliphatic heterocycles. The highest BCUT2D eigenvalue weighted by molar-refractivity contribution is 6.28. The largest absolute Gasteiger partial charge is 0.354 e. The summed E-state index contributed by atoms with van der Waals surface area (Å²) in [6.45, 7) is 8.82. The second-order valence-corrected chi connectivity index (χ2v) is 4.03. The third kappa shape index (κ3) is 4.34. The second kappa shape index (κ2) is 7.27. The van der Waals surface area contributed by atoms with Gasteiger partial charge in [-0.1, -0.05) is 13.3 Å². The zero-order valence-electron chi connectivity index (χ0n) is 10.7. The molecule has 96 valence electrons. The van der Waals surface area contributed by atoms with Gasteiger partial charge in [-0.3, -0.25) is 0 Å². The Morgan fingerprint density at radius 2 is 1.94 bits per heavy atom. The molecule has 0 amide bonds. The van der Waals surface area contributed by atoms with Crippen molar-refractivity contribution in [1.29, 1.82) is 0 Å². The monoisotopic (exact) mass is 257 g/mol. The molecule has 0 saturated carbocycles. The minimum absolute atomic E-state index is 0.237. The first-order valence-electron chi connectivity index (χ1n) is 6.11. The molecule has 0 radical (unpaired) electrons. The molecule has 0 unspecified atom stereocenters. The number of nitrogens with zero attached hydrogens (tertiary/aromatic N) is 4. The molecule has 0 saturated heterocycles. The molecule has 0 fully saturated rings. The van der Waals surface area contributed by atoms with Crippen molar-refractivity contribution < 1.29 is 0 Å². The van der Waals surface area contributed by atoms with Crippen LogP contribution in [0.4, 0.5) is 11.9 Å². The van der Waals surface area contributed by atoms with Crippen LogP contribution in [0.25, 0.3) is 0 Å². The quantitative estimate of drug-likeness (QED) is 0.814. The van der Waals surface area contributed by atoms with Crippen molar-refractivity contribution in [1.82, 2.24) is 15.0 Å². The van der Waals surface area contributed by atoms with E-state index in [-0.39, 0.29) is 5.28 Å². The molecular formula is C11H20ClN5. The van der Waals surface area contributed by atoms with Crippen molar-refractivity contribution in [3.63, 3.8) is 0 Å². The normalized spacial score (nSPS) is 10.4. The molecule has 17 heavy (non-hydrogen) atoms. The summed E-state index contributed by atoms with van der Waals surface area (Å²) < 4.78 is 0. The Balaban J connectivity index is 2.85. The van der Waals surface area contributed by atoms with Gasteiger partial charge in [0.25, 0.3) is 0 Å². The fourth-order valence-corrected chi connectivity index (χ4v) is 1.62. The number of unbranched alkanes of at least 4 members (excludes halogenated alkanes) is 1. The van der Waals surface area contributed by atoms with Gasteiger partial charge in [0.1, 0.15) is 0 Å². The number of halogens is 1. The maximum atomic E-state index is 5.89. The highest BCUT2D eigenvalue weighted by atomic mass is 35.5. The third-order valence-electron chi connectivity index (χ3n) is 2.38. The van der Waals surface area contributed by atoms with Gasteiger partial charge in [-0.15, -0.1) is 0 Å². The van der Waals surface area contributed by atoms with Crippen molar-refractivity contribution >= 4 is 23.5 Å². The predicted octanol–water partition coefficient (Wildman–Crippen LogP) is 2.58. The van der Waals surface area contributed by atoms with E-state index in [9.17, 15) is 0 Å². The Kier molecular flexibility index (Phi) is 5.97. The predicted molar refractivity (Wildman–Crippen MR) is 71.8 cm³/mol. The van der Waals surface area contributed by atoms with Crippen molar-refractivity contribution in [2.24, 2.45) is 0 Å². The first-order valence-corrected chi connectivity index (χ1v) is 6.49. The maximum Gasteiger partial charge on any atom is 0.231 e. The number of hydrogen-bond acceptors (Lipinski definition) is 5. The number of aromatic nitrogens is 3. The van der Waals surface area contributed by atoms with Crippen molar-refractivity contribution in [3.8, 4) is 0 Å². The van der Waals surface area contributed by atoms with Crippen LogP contribution in [0.3, 0.4) is 0 Å². The number of anilines is 2. The van der Waals surface area contributed by atoms with Crippen LogP contribution in [-0.4, -0.2) is 34.6 Å². The summed E-state index contributed by atoms with van der Waals surface area (Å²) in [6.07, 6.45) is 2.27. The molecule has 5 nitrogen and oxygen atoms in total. The van der Waals surface area contributed by atoms with Crippen LogP contribution in [0.5, 0.6) is 0 Å². The summed E-state index contributed by atoms with van der Waals surface area (Å²) in [5.41, 5.74) is 0. The summed E-state index contributed by atoms with van der Waals surface area (Å²) in [4.78, 5) is 14.7. The third-order valence-corrected chi connectivity index (χ3v) is 2.55. The van der Waals surface area contributed by atoms with E-state index in [0.29, 0.717) is 11.9 Å². The van der Waals surface area contributed by atoms with Crippen molar-refractivity contribution in [3.05, 3.63) is 5.28 Å². The Morgan fingerprint density at radius 3 is 2.53 bits per heavy atom. The lowest BCUT2D eigenvalue weighted by molar-refractivity contribution is 0.711. The van der Waals surface area contributed by atoms with Gasteiger partial charge in [0.05, 0.1) is 0 Å². The number of nitrogens with one attached hydrogen (secondary N) is 1. The summed E-state index contributed by atoms with van der Waals surface area (Å²) in [7, 11) is 0. The maximum absolute atomic E-state index is 5.89. The summed E-state index contributed by atoms with van der Waals surface area (Å²) >= 11 is 5.89. The summed E-state index contributed by atoms with van der Waals surface area (Å²) in [6, 6.07) is 0.